The maximum atomic E-state index is 13.5. The summed E-state index contributed by atoms with van der Waals surface area (Å²) in [5.41, 5.74) is 0.806. The number of rotatable bonds is 4. The van der Waals surface area contributed by atoms with Crippen molar-refractivity contribution in [2.45, 2.75) is 13.0 Å². The van der Waals surface area contributed by atoms with Gasteiger partial charge >= 0.3 is 0 Å². The number of nitrogens with zero attached hydrogens (tertiary/aromatic N) is 2. The van der Waals surface area contributed by atoms with Gasteiger partial charge in [0.1, 0.15) is 11.3 Å². The van der Waals surface area contributed by atoms with E-state index in [0.29, 0.717) is 21.9 Å². The molecule has 1 N–H and O–H groups in total. The molecule has 4 aromatic rings. The van der Waals surface area contributed by atoms with Crippen molar-refractivity contribution in [2.24, 2.45) is 0 Å². The fourth-order valence-electron chi connectivity index (χ4n) is 3.76. The van der Waals surface area contributed by atoms with E-state index < -0.39 is 23.5 Å². The van der Waals surface area contributed by atoms with Crippen LogP contribution < -0.4 is 4.90 Å². The molecule has 2 aromatic carbocycles. The maximum Gasteiger partial charge on any atom is 0.295 e. The topological polar surface area (TPSA) is 96.8 Å². The molecule has 0 spiro atoms. The molecule has 5 rings (SSSR count). The number of hydrogen-bond donors (Lipinski definition) is 1. The number of halogens is 2. The van der Waals surface area contributed by atoms with Crippen LogP contribution >= 0.6 is 23.2 Å². The zero-order valence-electron chi connectivity index (χ0n) is 16.5. The van der Waals surface area contributed by atoms with Crippen molar-refractivity contribution in [1.29, 1.82) is 0 Å². The number of carbonyl (C=O) groups excluding carboxylic acids is 2. The van der Waals surface area contributed by atoms with E-state index in [1.54, 1.807) is 43.3 Å². The van der Waals surface area contributed by atoms with Crippen LogP contribution in [0.15, 0.2) is 74.9 Å². The Kier molecular flexibility index (Phi) is 4.80. The lowest BCUT2D eigenvalue weighted by atomic mass is 9.95. The fraction of sp³-hybridized carbons (Fsp3) is 0.0870. The highest BCUT2D eigenvalue weighted by atomic mass is 35.5. The van der Waals surface area contributed by atoms with Gasteiger partial charge in [-0.05, 0) is 36.8 Å². The highest BCUT2D eigenvalue weighted by Crippen LogP contribution is 2.43. The molecule has 3 heterocycles. The maximum absolute atomic E-state index is 13.5. The van der Waals surface area contributed by atoms with Crippen molar-refractivity contribution in [2.75, 3.05) is 4.90 Å². The van der Waals surface area contributed by atoms with Gasteiger partial charge in [-0.3, -0.25) is 14.5 Å². The Balaban J connectivity index is 1.68. The first-order valence-corrected chi connectivity index (χ1v) is 10.3. The molecule has 0 fully saturated rings. The van der Waals surface area contributed by atoms with Gasteiger partial charge in [0.25, 0.3) is 5.91 Å². The number of carbonyl (C=O) groups is 2. The zero-order valence-corrected chi connectivity index (χ0v) is 18.0. The Morgan fingerprint density at radius 1 is 1.09 bits per heavy atom. The first-order valence-electron chi connectivity index (χ1n) is 9.53. The number of hydrogen-bond acceptors (Lipinski definition) is 6. The van der Waals surface area contributed by atoms with Crippen molar-refractivity contribution in [3.63, 3.8) is 0 Å². The number of aromatic nitrogens is 1. The van der Waals surface area contributed by atoms with Crippen LogP contribution in [0.5, 0.6) is 0 Å². The number of amides is 1. The van der Waals surface area contributed by atoms with Gasteiger partial charge in [-0.15, -0.1) is 0 Å². The predicted octanol–water partition coefficient (Wildman–Crippen LogP) is 5.82. The van der Waals surface area contributed by atoms with E-state index in [9.17, 15) is 14.7 Å². The number of para-hydroxylation sites is 1. The molecule has 0 unspecified atom stereocenters. The lowest BCUT2D eigenvalue weighted by molar-refractivity contribution is -0.117. The molecule has 1 aliphatic rings. The average molecular weight is 469 g/mol. The third-order valence-corrected chi connectivity index (χ3v) is 5.96. The summed E-state index contributed by atoms with van der Waals surface area (Å²) in [6.07, 6.45) is 0. The van der Waals surface area contributed by atoms with E-state index in [1.165, 1.54) is 17.0 Å². The van der Waals surface area contributed by atoms with Gasteiger partial charge in [-0.2, -0.15) is 0 Å². The molecular weight excluding hydrogens is 455 g/mol. The molecule has 9 heteroatoms. The minimum absolute atomic E-state index is 0.0104. The van der Waals surface area contributed by atoms with Crippen LogP contribution in [-0.4, -0.2) is 22.0 Å². The molecule has 1 atom stereocenters. The Hall–Kier alpha value is -3.55. The number of aliphatic hydroxyl groups excluding tert-OH is 1. The van der Waals surface area contributed by atoms with E-state index in [2.05, 4.69) is 5.16 Å². The first kappa shape index (κ1) is 20.4. The average Bonchev–Trinajstić information content (AvgIpc) is 3.46. The summed E-state index contributed by atoms with van der Waals surface area (Å²) in [5, 5.41) is 15.9. The molecule has 32 heavy (non-hydrogen) atoms. The summed E-state index contributed by atoms with van der Waals surface area (Å²) in [6.45, 7) is 1.67. The van der Waals surface area contributed by atoms with Crippen LogP contribution in [0.2, 0.25) is 10.0 Å². The van der Waals surface area contributed by atoms with E-state index in [1.807, 2.05) is 6.07 Å². The van der Waals surface area contributed by atoms with Crippen LogP contribution in [0.4, 0.5) is 5.82 Å². The van der Waals surface area contributed by atoms with E-state index in [0.717, 1.165) is 5.39 Å². The Morgan fingerprint density at radius 2 is 1.88 bits per heavy atom. The number of ketones is 1. The van der Waals surface area contributed by atoms with Crippen molar-refractivity contribution in [3.8, 4) is 0 Å². The van der Waals surface area contributed by atoms with Crippen LogP contribution in [0, 0.1) is 6.92 Å². The second-order valence-electron chi connectivity index (χ2n) is 7.29. The SMILES string of the molecule is Cc1cc(N2C(=O)C(O)=C(C(=O)c3cc4ccccc4o3)[C@@H]2c2ccc(Cl)c(Cl)c2)no1. The Morgan fingerprint density at radius 3 is 2.56 bits per heavy atom. The van der Waals surface area contributed by atoms with Crippen LogP contribution in [-0.2, 0) is 4.79 Å². The molecule has 2 aromatic heterocycles. The molecule has 0 bridgehead atoms. The molecule has 1 amide bonds. The lowest BCUT2D eigenvalue weighted by Gasteiger charge is -2.24. The fourth-order valence-corrected chi connectivity index (χ4v) is 4.07. The number of furan rings is 1. The second-order valence-corrected chi connectivity index (χ2v) is 8.10. The van der Waals surface area contributed by atoms with Gasteiger partial charge in [-0.25, -0.2) is 0 Å². The molecule has 7 nitrogen and oxygen atoms in total. The Bertz CT molecular complexity index is 1400. The number of aryl methyl sites for hydroxylation is 1. The number of Topliss-reactive ketones (excluding diaryl/α,β-unsaturated/α-hetero) is 1. The summed E-state index contributed by atoms with van der Waals surface area (Å²) in [6, 6.07) is 13.9. The summed E-state index contributed by atoms with van der Waals surface area (Å²) in [7, 11) is 0. The summed E-state index contributed by atoms with van der Waals surface area (Å²) in [5.74, 6) is -1.55. The Labute approximate surface area is 191 Å². The monoisotopic (exact) mass is 468 g/mol. The predicted molar refractivity (Wildman–Crippen MR) is 118 cm³/mol. The highest BCUT2D eigenvalue weighted by Gasteiger charge is 2.46. The molecule has 160 valence electrons. The van der Waals surface area contributed by atoms with E-state index in [4.69, 9.17) is 32.1 Å². The summed E-state index contributed by atoms with van der Waals surface area (Å²) >= 11 is 12.3. The van der Waals surface area contributed by atoms with Crippen LogP contribution in [0.1, 0.15) is 27.9 Å². The van der Waals surface area contributed by atoms with Gasteiger partial charge in [0, 0.05) is 11.5 Å². The molecule has 0 saturated carbocycles. The molecule has 0 radical (unpaired) electrons. The van der Waals surface area contributed by atoms with Crippen molar-refractivity contribution in [1.82, 2.24) is 5.16 Å². The largest absolute Gasteiger partial charge is 0.503 e. The first-order chi connectivity index (χ1) is 15.3. The molecule has 1 aliphatic heterocycles. The number of benzene rings is 2. The van der Waals surface area contributed by atoms with Crippen molar-refractivity contribution < 1.29 is 23.6 Å². The van der Waals surface area contributed by atoms with Gasteiger partial charge in [0.05, 0.1) is 21.7 Å². The molecule has 0 saturated heterocycles. The standard InChI is InChI=1S/C23H14Cl2N2O5/c1-11-8-18(26-32-11)27-20(13-6-7-14(24)15(25)9-13)19(22(29)23(27)30)21(28)17-10-12-4-2-3-5-16(12)31-17/h2-10,20,29H,1H3/t20-/m0/s1. The summed E-state index contributed by atoms with van der Waals surface area (Å²) < 4.78 is 10.8. The van der Waals surface area contributed by atoms with Gasteiger partial charge in [-0.1, -0.05) is 52.6 Å². The van der Waals surface area contributed by atoms with Crippen molar-refractivity contribution in [3.05, 3.63) is 93.1 Å². The van der Waals surface area contributed by atoms with E-state index in [-0.39, 0.29) is 22.2 Å². The third-order valence-electron chi connectivity index (χ3n) is 5.22. The normalized spacial score (nSPS) is 16.4. The lowest BCUT2D eigenvalue weighted by Crippen LogP contribution is -2.31. The van der Waals surface area contributed by atoms with Gasteiger partial charge < -0.3 is 14.0 Å². The van der Waals surface area contributed by atoms with Crippen molar-refractivity contribution >= 4 is 51.7 Å². The second kappa shape index (κ2) is 7.55. The van der Waals surface area contributed by atoms with Gasteiger partial charge in [0.2, 0.25) is 5.78 Å². The van der Waals surface area contributed by atoms with Gasteiger partial charge in [0.15, 0.2) is 17.3 Å². The minimum atomic E-state index is -1.03. The number of aliphatic hydroxyl groups is 1. The number of fused-ring (bicyclic) bond motifs is 1. The van der Waals surface area contributed by atoms with Crippen LogP contribution in [0.3, 0.4) is 0 Å². The smallest absolute Gasteiger partial charge is 0.295 e. The molecule has 0 aliphatic carbocycles. The zero-order chi connectivity index (χ0) is 22.6. The quantitative estimate of drug-likeness (QED) is 0.379. The third kappa shape index (κ3) is 3.18. The highest BCUT2D eigenvalue weighted by molar-refractivity contribution is 6.42. The van der Waals surface area contributed by atoms with Crippen LogP contribution in [0.25, 0.3) is 11.0 Å². The molecular formula is C23H14Cl2N2O5. The minimum Gasteiger partial charge on any atom is -0.503 e. The van der Waals surface area contributed by atoms with E-state index >= 15 is 0 Å². The number of anilines is 1. The summed E-state index contributed by atoms with van der Waals surface area (Å²) in [4.78, 5) is 27.7.